The monoisotopic (exact) mass is 189 g/mol. The predicted octanol–water partition coefficient (Wildman–Crippen LogP) is 0.940. The van der Waals surface area contributed by atoms with Gasteiger partial charge in [0.2, 0.25) is 0 Å². The van der Waals surface area contributed by atoms with Gasteiger partial charge in [-0.2, -0.15) is 4.73 Å². The van der Waals surface area contributed by atoms with Gasteiger partial charge in [0.15, 0.2) is 6.26 Å². The van der Waals surface area contributed by atoms with Gasteiger partial charge < -0.3 is 9.62 Å². The van der Waals surface area contributed by atoms with Gasteiger partial charge in [0.05, 0.1) is 5.56 Å². The van der Waals surface area contributed by atoms with Crippen LogP contribution in [0.5, 0.6) is 0 Å². The molecule has 0 radical (unpaired) electrons. The fourth-order valence-electron chi connectivity index (χ4n) is 1.17. The second-order valence-corrected chi connectivity index (χ2v) is 2.76. The third kappa shape index (κ3) is 1.50. The highest BCUT2D eigenvalue weighted by molar-refractivity contribution is 5.54. The van der Waals surface area contributed by atoms with Gasteiger partial charge in [-0.25, -0.2) is 4.79 Å². The van der Waals surface area contributed by atoms with Gasteiger partial charge in [-0.3, -0.25) is 0 Å². The molecular weight excluding hydrogens is 182 g/mol. The number of benzene rings is 1. The van der Waals surface area contributed by atoms with Crippen molar-refractivity contribution in [2.75, 3.05) is 0 Å². The summed E-state index contributed by atoms with van der Waals surface area (Å²) in [5, 5.41) is 11.3. The second kappa shape index (κ2) is 3.33. The largest absolute Gasteiger partial charge is 0.618 e. The number of rotatable bonds is 1. The highest BCUT2D eigenvalue weighted by Crippen LogP contribution is 2.12. The van der Waals surface area contributed by atoms with Gasteiger partial charge in [-0.05, 0) is 12.1 Å². The van der Waals surface area contributed by atoms with Gasteiger partial charge >= 0.3 is 5.63 Å². The molecule has 1 aromatic carbocycles. The van der Waals surface area contributed by atoms with Crippen molar-refractivity contribution in [1.82, 2.24) is 0 Å². The first-order chi connectivity index (χ1) is 6.77. The Labute approximate surface area is 79.6 Å². The van der Waals surface area contributed by atoms with Crippen LogP contribution in [0.3, 0.4) is 0 Å². The Morgan fingerprint density at radius 3 is 2.57 bits per heavy atom. The lowest BCUT2D eigenvalue weighted by Crippen LogP contribution is -2.32. The van der Waals surface area contributed by atoms with E-state index in [2.05, 4.69) is 4.42 Å². The van der Waals surface area contributed by atoms with Crippen LogP contribution in [0.1, 0.15) is 0 Å². The highest BCUT2D eigenvalue weighted by atomic mass is 16.5. The minimum atomic E-state index is -0.653. The molecule has 0 atom stereocenters. The van der Waals surface area contributed by atoms with E-state index in [0.29, 0.717) is 16.0 Å². The minimum Gasteiger partial charge on any atom is -0.618 e. The van der Waals surface area contributed by atoms with E-state index >= 15 is 0 Å². The van der Waals surface area contributed by atoms with Crippen LogP contribution in [0, 0.1) is 5.21 Å². The molecule has 0 bridgehead atoms. The van der Waals surface area contributed by atoms with Crippen molar-refractivity contribution in [2.45, 2.75) is 0 Å². The van der Waals surface area contributed by atoms with Crippen LogP contribution in [-0.2, 0) is 0 Å². The van der Waals surface area contributed by atoms with Crippen molar-refractivity contribution in [3.05, 3.63) is 58.4 Å². The quantitative estimate of drug-likeness (QED) is 0.495. The third-order valence-corrected chi connectivity index (χ3v) is 1.82. The Morgan fingerprint density at radius 1 is 1.21 bits per heavy atom. The summed E-state index contributed by atoms with van der Waals surface area (Å²) in [4.78, 5) is 10.7. The van der Waals surface area contributed by atoms with Crippen LogP contribution in [0.2, 0.25) is 0 Å². The van der Waals surface area contributed by atoms with E-state index in [1.54, 1.807) is 24.3 Å². The molecule has 0 aliphatic rings. The molecule has 0 unspecified atom stereocenters. The Bertz CT molecular complexity index is 490. The zero-order valence-corrected chi connectivity index (χ0v) is 7.21. The van der Waals surface area contributed by atoms with Gasteiger partial charge in [0, 0.05) is 0 Å². The molecule has 0 saturated heterocycles. The molecule has 0 saturated carbocycles. The summed E-state index contributed by atoms with van der Waals surface area (Å²) in [7, 11) is 0. The van der Waals surface area contributed by atoms with Crippen molar-refractivity contribution < 1.29 is 9.15 Å². The Hall–Kier alpha value is -2.10. The summed E-state index contributed by atoms with van der Waals surface area (Å²) in [6.45, 7) is 0. The molecule has 0 fully saturated rings. The van der Waals surface area contributed by atoms with Crippen molar-refractivity contribution in [1.29, 1.82) is 0 Å². The van der Waals surface area contributed by atoms with Crippen molar-refractivity contribution in [3.63, 3.8) is 0 Å². The zero-order chi connectivity index (χ0) is 9.97. The van der Waals surface area contributed by atoms with E-state index in [1.165, 1.54) is 0 Å². The molecule has 1 heterocycles. The number of hydrogen-bond donors (Lipinski definition) is 0. The first kappa shape index (κ1) is 8.50. The minimum absolute atomic E-state index is 0.324. The average Bonchev–Trinajstić information content (AvgIpc) is 2.19. The molecule has 0 aliphatic heterocycles. The molecule has 14 heavy (non-hydrogen) atoms. The van der Waals surface area contributed by atoms with Gasteiger partial charge in [-0.1, -0.05) is 18.2 Å². The topological polar surface area (TPSA) is 57.1 Å². The van der Waals surface area contributed by atoms with Crippen molar-refractivity contribution in [3.8, 4) is 11.3 Å². The maximum absolute atomic E-state index is 11.3. The SMILES string of the molecule is O=c1c[n+]([O-])c(-c2ccccc2)co1. The van der Waals surface area contributed by atoms with E-state index in [-0.39, 0.29) is 0 Å². The lowest BCUT2D eigenvalue weighted by atomic mass is 10.2. The molecule has 0 aliphatic carbocycles. The molecular formula is C10H7NO3. The van der Waals surface area contributed by atoms with E-state index in [1.807, 2.05) is 6.07 Å². The second-order valence-electron chi connectivity index (χ2n) is 2.76. The first-order valence-electron chi connectivity index (χ1n) is 4.05. The Kier molecular flexibility index (Phi) is 2.02. The van der Waals surface area contributed by atoms with E-state index < -0.39 is 5.63 Å². The summed E-state index contributed by atoms with van der Waals surface area (Å²) in [6, 6.07) is 8.99. The lowest BCUT2D eigenvalue weighted by molar-refractivity contribution is -0.596. The Morgan fingerprint density at radius 2 is 1.93 bits per heavy atom. The third-order valence-electron chi connectivity index (χ3n) is 1.82. The lowest BCUT2D eigenvalue weighted by Gasteiger charge is -2.01. The molecule has 0 spiro atoms. The maximum atomic E-state index is 11.3. The molecule has 70 valence electrons. The summed E-state index contributed by atoms with van der Waals surface area (Å²) in [5.74, 6) is 0. The van der Waals surface area contributed by atoms with Gasteiger partial charge in [-0.15, -0.1) is 0 Å². The Balaban J connectivity index is 2.58. The smallest absolute Gasteiger partial charge is 0.402 e. The van der Waals surface area contributed by atoms with E-state index in [0.717, 1.165) is 12.5 Å². The van der Waals surface area contributed by atoms with Gasteiger partial charge in [0.1, 0.15) is 0 Å². The van der Waals surface area contributed by atoms with Crippen LogP contribution >= 0.6 is 0 Å². The van der Waals surface area contributed by atoms with E-state index in [4.69, 9.17) is 0 Å². The summed E-state index contributed by atoms with van der Waals surface area (Å²) >= 11 is 0. The molecule has 4 heteroatoms. The maximum Gasteiger partial charge on any atom is 0.402 e. The molecule has 1 aromatic heterocycles. The average molecular weight is 189 g/mol. The summed E-state index contributed by atoms with van der Waals surface area (Å²) in [6.07, 6.45) is 2.02. The van der Waals surface area contributed by atoms with Crippen molar-refractivity contribution >= 4 is 0 Å². The number of nitrogens with zero attached hydrogens (tertiary/aromatic N) is 1. The zero-order valence-electron chi connectivity index (χ0n) is 7.21. The standard InChI is InChI=1S/C10H7NO3/c12-10-6-11(13)9(7-14-10)8-4-2-1-3-5-8/h1-7H. The van der Waals surface area contributed by atoms with Crippen LogP contribution < -0.4 is 10.4 Å². The number of aromatic nitrogens is 1. The molecule has 2 rings (SSSR count). The molecule has 4 nitrogen and oxygen atoms in total. The summed E-state index contributed by atoms with van der Waals surface area (Å²) < 4.78 is 5.12. The fraction of sp³-hybridized carbons (Fsp3) is 0. The van der Waals surface area contributed by atoms with Crippen LogP contribution in [0.15, 0.2) is 52.0 Å². The molecule has 0 N–H and O–H groups in total. The molecule has 0 amide bonds. The fourth-order valence-corrected chi connectivity index (χ4v) is 1.17. The van der Waals surface area contributed by atoms with Crippen LogP contribution in [0.25, 0.3) is 11.3 Å². The molecule has 2 aromatic rings. The van der Waals surface area contributed by atoms with Gasteiger partial charge in [0.25, 0.3) is 11.9 Å². The predicted molar refractivity (Wildman–Crippen MR) is 49.4 cm³/mol. The highest BCUT2D eigenvalue weighted by Gasteiger charge is 2.09. The number of hydrogen-bond acceptors (Lipinski definition) is 3. The van der Waals surface area contributed by atoms with Crippen LogP contribution in [0.4, 0.5) is 0 Å². The van der Waals surface area contributed by atoms with Crippen molar-refractivity contribution in [2.24, 2.45) is 0 Å². The first-order valence-corrected chi connectivity index (χ1v) is 4.05. The van der Waals surface area contributed by atoms with Crippen LogP contribution in [-0.4, -0.2) is 0 Å². The summed E-state index contributed by atoms with van der Waals surface area (Å²) in [5.41, 5.74) is 0.385. The normalized spacial score (nSPS) is 10.0. The van der Waals surface area contributed by atoms with E-state index in [9.17, 15) is 10.0 Å².